The fourth-order valence-corrected chi connectivity index (χ4v) is 5.33. The second-order valence-corrected chi connectivity index (χ2v) is 10.4. The Kier molecular flexibility index (Phi) is 12.3. The summed E-state index contributed by atoms with van der Waals surface area (Å²) in [6, 6.07) is 15.8. The molecule has 2 fully saturated rings. The van der Waals surface area contributed by atoms with Crippen LogP contribution in [0.1, 0.15) is 24.5 Å². The lowest BCUT2D eigenvalue weighted by atomic mass is 9.84. The van der Waals surface area contributed by atoms with Gasteiger partial charge in [0.2, 0.25) is 0 Å². The normalized spacial score (nSPS) is 31.0. The van der Waals surface area contributed by atoms with Crippen LogP contribution in [0, 0.1) is 0 Å². The molecule has 238 valence electrons. The predicted molar refractivity (Wildman–Crippen MR) is 155 cm³/mol. The third kappa shape index (κ3) is 8.82. The first-order chi connectivity index (χ1) is 21.9. The topological polar surface area (TPSA) is 230 Å². The number of aliphatic hydroxyl groups excluding tert-OH is 1. The van der Waals surface area contributed by atoms with Crippen LogP contribution >= 0.6 is 0 Å². The van der Waals surface area contributed by atoms with Crippen molar-refractivity contribution in [3.05, 3.63) is 103 Å². The first kappa shape index (κ1) is 33.5. The number of ether oxygens (including phenoxy) is 5. The van der Waals surface area contributed by atoms with Crippen molar-refractivity contribution in [2.24, 2.45) is 15.3 Å². The monoisotopic (exact) mass is 625 g/mol. The van der Waals surface area contributed by atoms with Gasteiger partial charge in [-0.05, 0) is 34.1 Å². The molecule has 0 radical (unpaired) electrons. The lowest BCUT2D eigenvalue weighted by Crippen LogP contribution is -2.63. The highest BCUT2D eigenvalue weighted by molar-refractivity contribution is 5.66. The van der Waals surface area contributed by atoms with Gasteiger partial charge < -0.3 is 28.8 Å². The molecule has 16 nitrogen and oxygen atoms in total. The largest absolute Gasteiger partial charge is 0.459 e. The predicted octanol–water partition coefficient (Wildman–Crippen LogP) is 4.97. The maximum atomic E-state index is 16.5. The van der Waals surface area contributed by atoms with Gasteiger partial charge in [-0.2, -0.15) is 0 Å². The molecule has 10 unspecified atom stereocenters. The number of hydrogen-bond donors (Lipinski definition) is 1. The number of halogens is 1. The van der Waals surface area contributed by atoms with Crippen molar-refractivity contribution in [2.45, 2.75) is 87.7 Å². The first-order valence-electron chi connectivity index (χ1n) is 14.1. The number of benzene rings is 2. The molecular weight excluding hydrogens is 593 g/mol. The molecule has 10 atom stereocenters. The van der Waals surface area contributed by atoms with E-state index in [-0.39, 0.29) is 26.2 Å². The number of carbonyl (C=O) groups is 1. The Labute approximate surface area is 256 Å². The second kappa shape index (κ2) is 16.6. The van der Waals surface area contributed by atoms with Crippen molar-refractivity contribution in [1.82, 2.24) is 0 Å². The quantitative estimate of drug-likeness (QED) is 0.139. The van der Waals surface area contributed by atoms with Gasteiger partial charge in [0.05, 0.1) is 44.1 Å². The third-order valence-corrected chi connectivity index (χ3v) is 7.37. The van der Waals surface area contributed by atoms with E-state index in [1.165, 1.54) is 0 Å². The number of hydrogen-bond acceptors (Lipinski definition) is 10. The highest BCUT2D eigenvalue weighted by Gasteiger charge is 2.53. The van der Waals surface area contributed by atoms with Gasteiger partial charge in [-0.3, -0.25) is 4.79 Å². The van der Waals surface area contributed by atoms with Gasteiger partial charge in [-0.15, -0.1) is 0 Å². The number of nitrogens with zero attached hydrogens (tertiary/aromatic N) is 9. The van der Waals surface area contributed by atoms with E-state index >= 15 is 4.39 Å². The minimum atomic E-state index is -1.89. The lowest BCUT2D eigenvalue weighted by Gasteiger charge is -2.47. The summed E-state index contributed by atoms with van der Waals surface area (Å²) in [7, 11) is 0. The summed E-state index contributed by atoms with van der Waals surface area (Å²) in [5, 5.41) is 22.1. The average molecular weight is 626 g/mol. The summed E-state index contributed by atoms with van der Waals surface area (Å²) in [6.45, 7) is 0.744. The highest BCUT2D eigenvalue weighted by atomic mass is 19.1. The number of alkyl halides is 1. The van der Waals surface area contributed by atoms with E-state index in [0.29, 0.717) is 0 Å². The molecule has 2 aromatic carbocycles. The Morgan fingerprint density at radius 3 is 1.98 bits per heavy atom. The average Bonchev–Trinajstić information content (AvgIpc) is 3.04. The Bertz CT molecular complexity index is 1410. The zero-order chi connectivity index (χ0) is 32.2. The van der Waals surface area contributed by atoms with E-state index in [4.69, 9.17) is 34.7 Å². The molecule has 2 aromatic rings. The molecule has 1 saturated carbocycles. The summed E-state index contributed by atoms with van der Waals surface area (Å²) in [6.07, 6.45) is -12.0. The third-order valence-electron chi connectivity index (χ3n) is 7.37. The molecule has 2 aliphatic rings. The summed E-state index contributed by atoms with van der Waals surface area (Å²) >= 11 is 0. The molecule has 1 aliphatic heterocycles. The number of esters is 1. The maximum Gasteiger partial charge on any atom is 0.303 e. The van der Waals surface area contributed by atoms with Gasteiger partial charge in [0, 0.05) is 21.7 Å². The molecule has 1 saturated heterocycles. The fourth-order valence-electron chi connectivity index (χ4n) is 5.33. The van der Waals surface area contributed by atoms with Crippen molar-refractivity contribution >= 4 is 5.97 Å². The summed E-state index contributed by atoms with van der Waals surface area (Å²) in [5.74, 6) is -0.771. The van der Waals surface area contributed by atoms with Crippen LogP contribution in [-0.4, -0.2) is 78.8 Å². The first-order valence-corrected chi connectivity index (χ1v) is 14.1. The van der Waals surface area contributed by atoms with Gasteiger partial charge in [0.15, 0.2) is 12.5 Å². The smallest absolute Gasteiger partial charge is 0.303 e. The van der Waals surface area contributed by atoms with Crippen LogP contribution < -0.4 is 0 Å². The number of azide groups is 3. The van der Waals surface area contributed by atoms with E-state index in [9.17, 15) is 15.4 Å². The second-order valence-electron chi connectivity index (χ2n) is 10.4. The maximum absolute atomic E-state index is 16.5. The van der Waals surface area contributed by atoms with Crippen LogP contribution in [0.25, 0.3) is 31.3 Å². The van der Waals surface area contributed by atoms with Crippen molar-refractivity contribution in [3.8, 4) is 0 Å². The lowest BCUT2D eigenvalue weighted by molar-refractivity contribution is -0.324. The number of rotatable bonds is 13. The minimum absolute atomic E-state index is 0.0180. The van der Waals surface area contributed by atoms with Gasteiger partial charge in [0.1, 0.15) is 24.4 Å². The number of aliphatic hydroxyl groups is 1. The zero-order valence-corrected chi connectivity index (χ0v) is 24.2. The molecule has 17 heteroatoms. The zero-order valence-electron chi connectivity index (χ0n) is 24.2. The van der Waals surface area contributed by atoms with Crippen LogP contribution in [0.15, 0.2) is 76.0 Å². The Morgan fingerprint density at radius 1 is 0.889 bits per heavy atom. The standard InChI is InChI=1S/C28H32FN9O7/c1-16(39)43-24-19(34-37-31)12-20(35-38-32)25(23(24)40)45-28-27(42-15-18-10-6-3-7-11-18)22(29)26(21(44-28)13-33-36-30)41-14-17-8-4-2-5-9-17/h2-11,19-28,40H,12-15H2,1H3. The fraction of sp³-hybridized carbons (Fsp3) is 0.536. The number of carbonyl (C=O) groups excluding carboxylic acids is 1. The van der Waals surface area contributed by atoms with Gasteiger partial charge in [-0.1, -0.05) is 76.0 Å². The highest BCUT2D eigenvalue weighted by Crippen LogP contribution is 2.36. The molecular formula is C28H32FN9O7. The molecule has 1 N–H and O–H groups in total. The molecule has 1 heterocycles. The summed E-state index contributed by atoms with van der Waals surface area (Å²) in [5.41, 5.74) is 28.8. The van der Waals surface area contributed by atoms with Gasteiger partial charge in [-0.25, -0.2) is 4.39 Å². The molecule has 0 bridgehead atoms. The molecule has 4 rings (SSSR count). The van der Waals surface area contributed by atoms with Crippen LogP contribution in [0.2, 0.25) is 0 Å². The van der Waals surface area contributed by atoms with E-state index in [0.717, 1.165) is 18.1 Å². The Morgan fingerprint density at radius 2 is 1.44 bits per heavy atom. The van der Waals surface area contributed by atoms with Crippen molar-refractivity contribution in [1.29, 1.82) is 0 Å². The molecule has 0 aromatic heterocycles. The molecule has 0 amide bonds. The van der Waals surface area contributed by atoms with E-state index in [1.807, 2.05) is 12.1 Å². The van der Waals surface area contributed by atoms with E-state index in [1.54, 1.807) is 48.5 Å². The van der Waals surface area contributed by atoms with Crippen molar-refractivity contribution in [3.63, 3.8) is 0 Å². The van der Waals surface area contributed by atoms with E-state index < -0.39 is 67.1 Å². The molecule has 0 spiro atoms. The Hall–Kier alpha value is -4.43. The van der Waals surface area contributed by atoms with Crippen LogP contribution in [-0.2, 0) is 41.7 Å². The van der Waals surface area contributed by atoms with Crippen molar-refractivity contribution in [2.75, 3.05) is 6.54 Å². The van der Waals surface area contributed by atoms with Crippen LogP contribution in [0.4, 0.5) is 4.39 Å². The van der Waals surface area contributed by atoms with Crippen molar-refractivity contribution < 1.29 is 38.0 Å². The summed E-state index contributed by atoms with van der Waals surface area (Å²) in [4.78, 5) is 20.2. The molecule has 1 aliphatic carbocycles. The van der Waals surface area contributed by atoms with Crippen LogP contribution in [0.5, 0.6) is 0 Å². The summed E-state index contributed by atoms with van der Waals surface area (Å²) < 4.78 is 46.0. The Balaban J connectivity index is 1.66. The van der Waals surface area contributed by atoms with Gasteiger partial charge in [0.25, 0.3) is 0 Å². The van der Waals surface area contributed by atoms with Crippen LogP contribution in [0.3, 0.4) is 0 Å². The molecule has 45 heavy (non-hydrogen) atoms. The van der Waals surface area contributed by atoms with E-state index in [2.05, 4.69) is 30.1 Å². The minimum Gasteiger partial charge on any atom is -0.459 e. The van der Waals surface area contributed by atoms with Gasteiger partial charge >= 0.3 is 5.97 Å². The SMILES string of the molecule is CC(=O)OC1C(N=[N+]=[N-])CC(N=[N+]=[N-])C(OC2OC(CN=[N+]=[N-])C(OCc3ccccc3)C(F)C2OCc2ccccc2)C1O.